The minimum atomic E-state index is -3.30. The minimum Gasteiger partial charge on any atom is -0.328 e. The first-order valence-corrected chi connectivity index (χ1v) is 10.1. The number of benzene rings is 1. The van der Waals surface area contributed by atoms with Gasteiger partial charge in [-0.25, -0.2) is 13.4 Å². The number of nitrogens with zero attached hydrogens (tertiary/aromatic N) is 1. The van der Waals surface area contributed by atoms with Crippen LogP contribution in [0.4, 0.5) is 10.8 Å². The van der Waals surface area contributed by atoms with Gasteiger partial charge < -0.3 is 11.1 Å². The molecule has 0 saturated carbocycles. The molecule has 0 bridgehead atoms. The van der Waals surface area contributed by atoms with E-state index in [-0.39, 0.29) is 24.4 Å². The Hall–Kier alpha value is -1.68. The van der Waals surface area contributed by atoms with E-state index in [0.29, 0.717) is 29.4 Å². The summed E-state index contributed by atoms with van der Waals surface area (Å²) in [6.45, 7) is 1.86. The first-order chi connectivity index (χ1) is 11.2. The van der Waals surface area contributed by atoms with Crippen LogP contribution in [0.25, 0.3) is 11.3 Å². The third-order valence-corrected chi connectivity index (χ3v) is 4.43. The van der Waals surface area contributed by atoms with Gasteiger partial charge in [0.05, 0.1) is 11.9 Å². The van der Waals surface area contributed by atoms with Gasteiger partial charge in [0.15, 0.2) is 5.13 Å². The molecule has 0 spiro atoms. The number of carbonyl (C=O) groups is 1. The SMILES string of the molecule is CC(N)CCC(=O)Nc1nc(-c2ccc(NS(C)(=O)=O)cc2)cs1.Cl. The number of anilines is 2. The van der Waals surface area contributed by atoms with E-state index in [1.54, 1.807) is 24.3 Å². The molecule has 1 heterocycles. The van der Waals surface area contributed by atoms with E-state index in [4.69, 9.17) is 5.73 Å². The lowest BCUT2D eigenvalue weighted by Crippen LogP contribution is -2.19. The molecule has 0 radical (unpaired) electrons. The number of carbonyl (C=O) groups excluding carboxylic acids is 1. The van der Waals surface area contributed by atoms with Crippen molar-refractivity contribution in [2.45, 2.75) is 25.8 Å². The predicted molar refractivity (Wildman–Crippen MR) is 105 cm³/mol. The van der Waals surface area contributed by atoms with Crippen LogP contribution in [-0.2, 0) is 14.8 Å². The number of nitrogens with two attached hydrogens (primary N) is 1. The molecule has 1 aromatic heterocycles. The largest absolute Gasteiger partial charge is 0.328 e. The molecule has 0 saturated heterocycles. The Kier molecular flexibility index (Phi) is 7.81. The third kappa shape index (κ3) is 7.39. The molecule has 2 rings (SSSR count). The number of hydrogen-bond donors (Lipinski definition) is 3. The van der Waals surface area contributed by atoms with Crippen LogP contribution in [0.15, 0.2) is 29.6 Å². The highest BCUT2D eigenvalue weighted by Crippen LogP contribution is 2.26. The van der Waals surface area contributed by atoms with Gasteiger partial charge in [0.1, 0.15) is 0 Å². The van der Waals surface area contributed by atoms with Crippen molar-refractivity contribution in [3.63, 3.8) is 0 Å². The summed E-state index contributed by atoms with van der Waals surface area (Å²) in [6, 6.07) is 6.85. The number of rotatable bonds is 7. The van der Waals surface area contributed by atoms with E-state index in [1.165, 1.54) is 11.3 Å². The maximum atomic E-state index is 11.8. The second-order valence-electron chi connectivity index (χ2n) is 5.55. The quantitative estimate of drug-likeness (QED) is 0.656. The van der Waals surface area contributed by atoms with Gasteiger partial charge in [-0.15, -0.1) is 23.7 Å². The van der Waals surface area contributed by atoms with Crippen molar-refractivity contribution in [3.05, 3.63) is 29.6 Å². The van der Waals surface area contributed by atoms with Gasteiger partial charge in [-0.3, -0.25) is 9.52 Å². The van der Waals surface area contributed by atoms with Crippen LogP contribution in [-0.4, -0.2) is 31.6 Å². The summed E-state index contributed by atoms with van der Waals surface area (Å²) in [6.07, 6.45) is 2.08. The topological polar surface area (TPSA) is 114 Å². The lowest BCUT2D eigenvalue weighted by atomic mass is 10.1. The maximum Gasteiger partial charge on any atom is 0.229 e. The summed E-state index contributed by atoms with van der Waals surface area (Å²) in [4.78, 5) is 16.1. The predicted octanol–water partition coefficient (Wildman–Crippen LogP) is 2.67. The molecule has 25 heavy (non-hydrogen) atoms. The average Bonchev–Trinajstić information content (AvgIpc) is 2.92. The zero-order valence-electron chi connectivity index (χ0n) is 13.9. The van der Waals surface area contributed by atoms with Gasteiger partial charge in [0.25, 0.3) is 0 Å². The van der Waals surface area contributed by atoms with Crippen molar-refractivity contribution < 1.29 is 13.2 Å². The zero-order valence-corrected chi connectivity index (χ0v) is 16.3. The Balaban J connectivity index is 0.00000312. The molecule has 0 aliphatic carbocycles. The Morgan fingerprint density at radius 2 is 1.96 bits per heavy atom. The molecule has 2 aromatic rings. The van der Waals surface area contributed by atoms with Crippen LogP contribution in [0.5, 0.6) is 0 Å². The van der Waals surface area contributed by atoms with Gasteiger partial charge in [-0.1, -0.05) is 12.1 Å². The fraction of sp³-hybridized carbons (Fsp3) is 0.333. The van der Waals surface area contributed by atoms with Crippen molar-refractivity contribution in [1.29, 1.82) is 0 Å². The molecule has 7 nitrogen and oxygen atoms in total. The normalized spacial score (nSPS) is 12.1. The third-order valence-electron chi connectivity index (χ3n) is 3.06. The Morgan fingerprint density at radius 1 is 1.32 bits per heavy atom. The van der Waals surface area contributed by atoms with Crippen LogP contribution < -0.4 is 15.8 Å². The van der Waals surface area contributed by atoms with Crippen LogP contribution in [0.1, 0.15) is 19.8 Å². The van der Waals surface area contributed by atoms with Crippen molar-refractivity contribution in [2.75, 3.05) is 16.3 Å². The molecule has 1 atom stereocenters. The van der Waals surface area contributed by atoms with Gasteiger partial charge in [0, 0.05) is 29.1 Å². The zero-order chi connectivity index (χ0) is 17.7. The van der Waals surface area contributed by atoms with Gasteiger partial charge in [0.2, 0.25) is 15.9 Å². The summed E-state index contributed by atoms with van der Waals surface area (Å²) < 4.78 is 24.8. The summed E-state index contributed by atoms with van der Waals surface area (Å²) >= 11 is 1.34. The van der Waals surface area contributed by atoms with E-state index < -0.39 is 10.0 Å². The molecule has 0 aliphatic heterocycles. The van der Waals surface area contributed by atoms with Crippen molar-refractivity contribution in [1.82, 2.24) is 4.98 Å². The first kappa shape index (κ1) is 21.4. The second kappa shape index (κ2) is 9.14. The Bertz CT molecular complexity index is 804. The van der Waals surface area contributed by atoms with E-state index >= 15 is 0 Å². The molecule has 138 valence electrons. The molecule has 4 N–H and O–H groups in total. The number of hydrogen-bond acceptors (Lipinski definition) is 6. The fourth-order valence-corrected chi connectivity index (χ4v) is 3.23. The van der Waals surface area contributed by atoms with E-state index in [2.05, 4.69) is 15.0 Å². The molecule has 0 fully saturated rings. The van der Waals surface area contributed by atoms with Gasteiger partial charge >= 0.3 is 0 Å². The van der Waals surface area contributed by atoms with Crippen LogP contribution in [0.2, 0.25) is 0 Å². The highest BCUT2D eigenvalue weighted by Gasteiger charge is 2.09. The van der Waals surface area contributed by atoms with Crippen LogP contribution in [0, 0.1) is 0 Å². The lowest BCUT2D eigenvalue weighted by Gasteiger charge is -2.05. The molecule has 0 aliphatic rings. The number of halogens is 1. The fourth-order valence-electron chi connectivity index (χ4n) is 1.93. The monoisotopic (exact) mass is 404 g/mol. The molecule has 10 heteroatoms. The maximum absolute atomic E-state index is 11.8. The van der Waals surface area contributed by atoms with E-state index in [0.717, 1.165) is 11.8 Å². The first-order valence-electron chi connectivity index (χ1n) is 7.32. The molecule has 1 unspecified atom stereocenters. The number of sulfonamides is 1. The summed E-state index contributed by atoms with van der Waals surface area (Å²) in [5.74, 6) is -0.110. The minimum absolute atomic E-state index is 0. The van der Waals surface area contributed by atoms with Crippen LogP contribution in [0.3, 0.4) is 0 Å². The second-order valence-corrected chi connectivity index (χ2v) is 8.16. The number of thiazole rings is 1. The molecule has 1 amide bonds. The Morgan fingerprint density at radius 3 is 2.52 bits per heavy atom. The summed E-state index contributed by atoms with van der Waals surface area (Å²) in [5.41, 5.74) is 7.67. The van der Waals surface area contributed by atoms with Gasteiger partial charge in [-0.05, 0) is 25.5 Å². The number of aromatic nitrogens is 1. The van der Waals surface area contributed by atoms with E-state index in [9.17, 15) is 13.2 Å². The van der Waals surface area contributed by atoms with Crippen molar-refractivity contribution in [2.24, 2.45) is 5.73 Å². The lowest BCUT2D eigenvalue weighted by molar-refractivity contribution is -0.116. The molecule has 1 aromatic carbocycles. The van der Waals surface area contributed by atoms with Gasteiger partial charge in [-0.2, -0.15) is 0 Å². The highest BCUT2D eigenvalue weighted by atomic mass is 35.5. The molecular formula is C15H21ClN4O3S2. The number of amides is 1. The highest BCUT2D eigenvalue weighted by molar-refractivity contribution is 7.92. The average molecular weight is 405 g/mol. The summed E-state index contributed by atoms with van der Waals surface area (Å²) in [5, 5.41) is 5.11. The smallest absolute Gasteiger partial charge is 0.229 e. The van der Waals surface area contributed by atoms with Crippen molar-refractivity contribution >= 4 is 50.5 Å². The standard InChI is InChI=1S/C15H20N4O3S2.ClH/c1-10(16)3-8-14(20)18-15-17-13(9-23-15)11-4-6-12(7-5-11)19-24(2,21)22;/h4-7,9-10,19H,3,8,16H2,1-2H3,(H,17,18,20);1H. The number of nitrogens with one attached hydrogen (secondary N) is 2. The Labute approximate surface area is 157 Å². The van der Waals surface area contributed by atoms with E-state index in [1.807, 2.05) is 12.3 Å². The summed E-state index contributed by atoms with van der Waals surface area (Å²) in [7, 11) is -3.30. The van der Waals surface area contributed by atoms with Crippen molar-refractivity contribution in [3.8, 4) is 11.3 Å². The molecular weight excluding hydrogens is 384 g/mol. The van der Waals surface area contributed by atoms with Crippen LogP contribution >= 0.6 is 23.7 Å².